The van der Waals surface area contributed by atoms with Gasteiger partial charge in [0.05, 0.1) is 12.3 Å². The van der Waals surface area contributed by atoms with E-state index in [4.69, 9.17) is 6.85 Å². The third-order valence-corrected chi connectivity index (χ3v) is 11.4. The normalized spacial score (nSPS) is 16.0. The lowest BCUT2D eigenvalue weighted by molar-refractivity contribution is 0.801. The van der Waals surface area contributed by atoms with Gasteiger partial charge in [-0.25, -0.2) is 0 Å². The maximum Gasteiger partial charge on any atom is 0.0732 e. The summed E-state index contributed by atoms with van der Waals surface area (Å²) in [6.45, 7) is 0. The maximum absolute atomic E-state index is 8.65. The molecule has 9 aromatic rings. The van der Waals surface area contributed by atoms with Gasteiger partial charge in [-0.05, 0) is 114 Å². The van der Waals surface area contributed by atoms with E-state index in [1.165, 1.54) is 55.3 Å². The fourth-order valence-electron chi connectivity index (χ4n) is 9.10. The smallest absolute Gasteiger partial charge is 0.0732 e. The van der Waals surface area contributed by atoms with Gasteiger partial charge >= 0.3 is 0 Å². The van der Waals surface area contributed by atoms with Crippen LogP contribution in [-0.4, -0.2) is 0 Å². The molecule has 0 bridgehead atoms. The fourth-order valence-corrected chi connectivity index (χ4v) is 9.10. The minimum atomic E-state index is -0.567. The highest BCUT2D eigenvalue weighted by molar-refractivity contribution is 6.04. The Hall–Kier alpha value is -6.96. The zero-order chi connectivity index (χ0) is 40.0. The van der Waals surface area contributed by atoms with Gasteiger partial charge in [-0.1, -0.05) is 176 Å². The molecule has 1 atom stereocenters. The molecule has 2 aliphatic carbocycles. The van der Waals surface area contributed by atoms with E-state index in [9.17, 15) is 0 Å². The Morgan fingerprint density at radius 3 is 1.59 bits per heavy atom. The number of hydrogen-bond donors (Lipinski definition) is 0. The molecule has 0 saturated carbocycles. The van der Waals surface area contributed by atoms with E-state index in [0.717, 1.165) is 28.2 Å². The Bertz CT molecular complexity index is 3120. The number of benzene rings is 9. The standard InChI is InChI=1S/C53H35N/c1-3-13-36(14-4-1)38-23-28-41(29-24-38)54(42-30-25-39(26-31-42)37-15-5-2-6-16-37)43-32-34-47-45-19-9-11-21-49(45)53(51(47)35-43)50-22-12-10-20-46(50)48-33-27-40-17-7-8-18-44(40)52(48)53/h1-35H/i1D,3D,4D,13D,14D. The van der Waals surface area contributed by atoms with Crippen LogP contribution in [0.1, 0.15) is 29.1 Å². The molecule has 0 amide bonds. The van der Waals surface area contributed by atoms with Crippen LogP contribution in [0, 0.1) is 0 Å². The molecule has 2 aliphatic rings. The largest absolute Gasteiger partial charge is 0.310 e. The lowest BCUT2D eigenvalue weighted by Gasteiger charge is -2.33. The molecule has 54 heavy (non-hydrogen) atoms. The number of rotatable bonds is 5. The quantitative estimate of drug-likeness (QED) is 0.174. The van der Waals surface area contributed by atoms with Crippen LogP contribution in [-0.2, 0) is 5.41 Å². The molecule has 0 heterocycles. The van der Waals surface area contributed by atoms with Crippen molar-refractivity contribution in [2.45, 2.75) is 5.41 Å². The second-order valence-corrected chi connectivity index (χ2v) is 14.1. The third-order valence-electron chi connectivity index (χ3n) is 11.4. The van der Waals surface area contributed by atoms with Crippen LogP contribution in [0.4, 0.5) is 17.1 Å². The third kappa shape index (κ3) is 4.45. The highest BCUT2D eigenvalue weighted by Gasteiger charge is 2.52. The summed E-state index contributed by atoms with van der Waals surface area (Å²) in [6.07, 6.45) is 0. The van der Waals surface area contributed by atoms with Crippen LogP contribution < -0.4 is 4.90 Å². The lowest BCUT2D eigenvalue weighted by atomic mass is 9.69. The van der Waals surface area contributed by atoms with Crippen LogP contribution in [0.5, 0.6) is 0 Å². The van der Waals surface area contributed by atoms with Crippen molar-refractivity contribution in [1.82, 2.24) is 0 Å². The number of hydrogen-bond acceptors (Lipinski definition) is 1. The van der Waals surface area contributed by atoms with E-state index in [1.807, 2.05) is 42.5 Å². The average Bonchev–Trinajstić information content (AvgIpc) is 3.76. The van der Waals surface area contributed by atoms with Gasteiger partial charge in [0.15, 0.2) is 0 Å². The zero-order valence-electron chi connectivity index (χ0n) is 34.3. The van der Waals surface area contributed by atoms with Crippen molar-refractivity contribution in [2.75, 3.05) is 4.90 Å². The van der Waals surface area contributed by atoms with Crippen LogP contribution in [0.25, 0.3) is 55.3 Å². The Kier molecular flexibility index (Phi) is 5.78. The topological polar surface area (TPSA) is 3.24 Å². The Morgan fingerprint density at radius 2 is 0.889 bits per heavy atom. The first-order chi connectivity index (χ1) is 28.9. The summed E-state index contributed by atoms with van der Waals surface area (Å²) < 4.78 is 42.0. The van der Waals surface area contributed by atoms with E-state index < -0.39 is 11.5 Å². The summed E-state index contributed by atoms with van der Waals surface area (Å²) in [5.74, 6) is 0. The van der Waals surface area contributed by atoms with Gasteiger partial charge in [-0.15, -0.1) is 0 Å². The Labute approximate surface area is 323 Å². The SMILES string of the molecule is [2H]c1c([2H])c([2H])c(-c2ccc(N(c3ccc(-c4ccccc4)cc3)c3ccc4c(c3)C3(c5ccccc5-4)c4ccccc4-c4ccc5ccccc5c43)cc2)c([2H])c1[2H]. The van der Waals surface area contributed by atoms with Gasteiger partial charge in [0, 0.05) is 17.1 Å². The van der Waals surface area contributed by atoms with E-state index >= 15 is 0 Å². The van der Waals surface area contributed by atoms with Crippen LogP contribution >= 0.6 is 0 Å². The van der Waals surface area contributed by atoms with Gasteiger partial charge in [-0.3, -0.25) is 0 Å². The molecular formula is C53H35N. The summed E-state index contributed by atoms with van der Waals surface area (Å²) in [4.78, 5) is 2.25. The van der Waals surface area contributed by atoms with Crippen molar-refractivity contribution in [2.24, 2.45) is 0 Å². The molecule has 252 valence electrons. The summed E-state index contributed by atoms with van der Waals surface area (Å²) in [6, 6.07) is 63.0. The first-order valence-electron chi connectivity index (χ1n) is 20.9. The van der Waals surface area contributed by atoms with Crippen molar-refractivity contribution < 1.29 is 6.85 Å². The van der Waals surface area contributed by atoms with Crippen molar-refractivity contribution >= 4 is 27.8 Å². The minimum absolute atomic E-state index is 0.185. The molecule has 1 spiro atoms. The number of nitrogens with zero attached hydrogens (tertiary/aromatic N) is 1. The van der Waals surface area contributed by atoms with Crippen molar-refractivity contribution in [3.8, 4) is 44.5 Å². The minimum Gasteiger partial charge on any atom is -0.310 e. The lowest BCUT2D eigenvalue weighted by Crippen LogP contribution is -2.26. The van der Waals surface area contributed by atoms with Gasteiger partial charge in [0.25, 0.3) is 0 Å². The predicted molar refractivity (Wildman–Crippen MR) is 226 cm³/mol. The molecule has 0 aromatic heterocycles. The van der Waals surface area contributed by atoms with Crippen molar-refractivity contribution in [3.05, 3.63) is 234 Å². The monoisotopic (exact) mass is 690 g/mol. The van der Waals surface area contributed by atoms with E-state index in [1.54, 1.807) is 0 Å². The molecule has 0 fully saturated rings. The van der Waals surface area contributed by atoms with Crippen LogP contribution in [0.15, 0.2) is 212 Å². The molecule has 1 nitrogen and oxygen atoms in total. The first-order valence-corrected chi connectivity index (χ1v) is 18.4. The highest BCUT2D eigenvalue weighted by atomic mass is 15.1. The first kappa shape index (κ1) is 25.9. The zero-order valence-corrected chi connectivity index (χ0v) is 29.3. The molecule has 9 aromatic carbocycles. The highest BCUT2D eigenvalue weighted by Crippen LogP contribution is 2.64. The second-order valence-electron chi connectivity index (χ2n) is 14.1. The average molecular weight is 691 g/mol. The van der Waals surface area contributed by atoms with Gasteiger partial charge < -0.3 is 4.90 Å². The fraction of sp³-hybridized carbons (Fsp3) is 0.0189. The van der Waals surface area contributed by atoms with Gasteiger partial charge in [0.2, 0.25) is 0 Å². The molecule has 1 heteroatoms. The summed E-state index contributed by atoms with van der Waals surface area (Å²) in [5.41, 5.74) is 15.2. The van der Waals surface area contributed by atoms with Crippen LogP contribution in [0.2, 0.25) is 0 Å². The summed E-state index contributed by atoms with van der Waals surface area (Å²) in [7, 11) is 0. The number of anilines is 3. The Balaban J connectivity index is 1.15. The molecule has 1 unspecified atom stereocenters. The molecule has 0 radical (unpaired) electrons. The Morgan fingerprint density at radius 1 is 0.370 bits per heavy atom. The van der Waals surface area contributed by atoms with E-state index in [-0.39, 0.29) is 29.7 Å². The summed E-state index contributed by atoms with van der Waals surface area (Å²) >= 11 is 0. The second kappa shape index (κ2) is 12.0. The summed E-state index contributed by atoms with van der Waals surface area (Å²) in [5, 5.41) is 2.45. The van der Waals surface area contributed by atoms with Crippen molar-refractivity contribution in [1.29, 1.82) is 0 Å². The van der Waals surface area contributed by atoms with Gasteiger partial charge in [0.1, 0.15) is 0 Å². The predicted octanol–water partition coefficient (Wildman–Crippen LogP) is 14.0. The van der Waals surface area contributed by atoms with E-state index in [2.05, 4.69) is 144 Å². The van der Waals surface area contributed by atoms with Gasteiger partial charge in [-0.2, -0.15) is 0 Å². The maximum atomic E-state index is 8.65. The molecule has 11 rings (SSSR count). The van der Waals surface area contributed by atoms with E-state index in [0.29, 0.717) is 5.56 Å². The van der Waals surface area contributed by atoms with Crippen molar-refractivity contribution in [3.63, 3.8) is 0 Å². The molecule has 0 aliphatic heterocycles. The molecule has 0 N–H and O–H groups in total. The molecular weight excluding hydrogens is 651 g/mol. The number of fused-ring (bicyclic) bond motifs is 12. The van der Waals surface area contributed by atoms with Crippen LogP contribution in [0.3, 0.4) is 0 Å². The molecule has 0 saturated heterocycles.